The lowest BCUT2D eigenvalue weighted by Gasteiger charge is -2.20. The molecule has 1 fully saturated rings. The van der Waals surface area contributed by atoms with Crippen LogP contribution in [0, 0.1) is 0 Å². The third-order valence-electron chi connectivity index (χ3n) is 3.98. The number of rotatable bonds is 5. The molecule has 120 valence electrons. The highest BCUT2D eigenvalue weighted by Crippen LogP contribution is 2.49. The molecule has 2 aromatic carbocycles. The zero-order chi connectivity index (χ0) is 16.3. The highest BCUT2D eigenvalue weighted by Gasteiger charge is 2.48. The van der Waals surface area contributed by atoms with Crippen molar-refractivity contribution in [3.05, 3.63) is 64.1 Å². The molecule has 0 bridgehead atoms. The topological polar surface area (TPSA) is 47.6 Å². The molecule has 1 saturated carbocycles. The van der Waals surface area contributed by atoms with Crippen molar-refractivity contribution in [2.45, 2.75) is 25.0 Å². The molecule has 1 amide bonds. The van der Waals surface area contributed by atoms with Crippen LogP contribution in [0.25, 0.3) is 0 Å². The average molecular weight is 376 g/mol. The maximum atomic E-state index is 12.1. The van der Waals surface area contributed by atoms with Crippen LogP contribution in [0.1, 0.15) is 24.0 Å². The summed E-state index contributed by atoms with van der Waals surface area (Å²) in [6.07, 6.45) is 1.34. The molecule has 2 aromatic rings. The second-order valence-corrected chi connectivity index (χ2v) is 6.53. The Morgan fingerprint density at radius 3 is 2.61 bits per heavy atom. The van der Waals surface area contributed by atoms with Gasteiger partial charge in [0, 0.05) is 10.0 Å². The highest BCUT2D eigenvalue weighted by molar-refractivity contribution is 9.10. The van der Waals surface area contributed by atoms with E-state index in [4.69, 9.17) is 9.47 Å². The highest BCUT2D eigenvalue weighted by atomic mass is 79.9. The molecule has 0 aromatic heterocycles. The van der Waals surface area contributed by atoms with Crippen molar-refractivity contribution >= 4 is 22.0 Å². The Labute approximate surface area is 143 Å². The van der Waals surface area contributed by atoms with Gasteiger partial charge < -0.3 is 14.8 Å². The third kappa shape index (κ3) is 3.67. The number of alkyl carbamates (subject to hydrolysis) is 1. The zero-order valence-corrected chi connectivity index (χ0v) is 14.4. The van der Waals surface area contributed by atoms with E-state index in [2.05, 4.69) is 21.2 Å². The summed E-state index contributed by atoms with van der Waals surface area (Å²) < 4.78 is 11.7. The quantitative estimate of drug-likeness (QED) is 0.843. The summed E-state index contributed by atoms with van der Waals surface area (Å²) in [7, 11) is 1.64. The number of benzene rings is 2. The molecule has 0 atom stereocenters. The van der Waals surface area contributed by atoms with E-state index in [1.807, 2.05) is 48.5 Å². The van der Waals surface area contributed by atoms with Crippen molar-refractivity contribution < 1.29 is 14.3 Å². The fourth-order valence-corrected chi connectivity index (χ4v) is 2.96. The molecular formula is C18H18BrNO3. The van der Waals surface area contributed by atoms with Gasteiger partial charge in [-0.2, -0.15) is 0 Å². The van der Waals surface area contributed by atoms with Crippen molar-refractivity contribution in [1.82, 2.24) is 5.32 Å². The normalized spacial score (nSPS) is 14.9. The van der Waals surface area contributed by atoms with Crippen molar-refractivity contribution in [3.63, 3.8) is 0 Å². The summed E-state index contributed by atoms with van der Waals surface area (Å²) in [5, 5.41) is 2.99. The van der Waals surface area contributed by atoms with Gasteiger partial charge in [0.15, 0.2) is 0 Å². The van der Waals surface area contributed by atoms with E-state index < -0.39 is 6.09 Å². The smallest absolute Gasteiger partial charge is 0.408 e. The Kier molecular flexibility index (Phi) is 4.57. The molecule has 0 aliphatic heterocycles. The lowest BCUT2D eigenvalue weighted by Crippen LogP contribution is -2.35. The van der Waals surface area contributed by atoms with Crippen LogP contribution >= 0.6 is 15.9 Å². The van der Waals surface area contributed by atoms with Crippen LogP contribution in [0.15, 0.2) is 53.0 Å². The number of ether oxygens (including phenoxy) is 2. The fourth-order valence-electron chi connectivity index (χ4n) is 2.60. The molecule has 0 unspecified atom stereocenters. The van der Waals surface area contributed by atoms with Gasteiger partial charge >= 0.3 is 6.09 Å². The van der Waals surface area contributed by atoms with Crippen molar-refractivity contribution in [2.75, 3.05) is 7.11 Å². The van der Waals surface area contributed by atoms with Crippen LogP contribution in [-0.4, -0.2) is 13.2 Å². The zero-order valence-electron chi connectivity index (χ0n) is 12.8. The molecule has 1 aliphatic rings. The lowest BCUT2D eigenvalue weighted by atomic mass is 10.0. The molecule has 4 nitrogen and oxygen atoms in total. The largest absolute Gasteiger partial charge is 0.496 e. The summed E-state index contributed by atoms with van der Waals surface area (Å²) in [5.41, 5.74) is 1.56. The lowest BCUT2D eigenvalue weighted by molar-refractivity contribution is 0.134. The van der Waals surface area contributed by atoms with Crippen LogP contribution in [0.3, 0.4) is 0 Å². The number of carbonyl (C=O) groups is 1. The van der Waals surface area contributed by atoms with Gasteiger partial charge in [-0.15, -0.1) is 0 Å². The summed E-state index contributed by atoms with van der Waals surface area (Å²) in [4.78, 5) is 12.1. The van der Waals surface area contributed by atoms with Gasteiger partial charge in [0.25, 0.3) is 0 Å². The van der Waals surface area contributed by atoms with E-state index in [1.54, 1.807) is 7.11 Å². The van der Waals surface area contributed by atoms with E-state index in [0.29, 0.717) is 0 Å². The monoisotopic (exact) mass is 375 g/mol. The minimum absolute atomic E-state index is 0.262. The van der Waals surface area contributed by atoms with E-state index in [-0.39, 0.29) is 12.1 Å². The minimum Gasteiger partial charge on any atom is -0.496 e. The minimum atomic E-state index is -0.409. The van der Waals surface area contributed by atoms with Crippen LogP contribution in [-0.2, 0) is 16.9 Å². The van der Waals surface area contributed by atoms with Crippen LogP contribution < -0.4 is 10.1 Å². The van der Waals surface area contributed by atoms with Crippen LogP contribution in [0.2, 0.25) is 0 Å². The van der Waals surface area contributed by atoms with Crippen molar-refractivity contribution in [1.29, 1.82) is 0 Å². The second-order valence-electron chi connectivity index (χ2n) is 5.61. The maximum absolute atomic E-state index is 12.1. The summed E-state index contributed by atoms with van der Waals surface area (Å²) in [6, 6.07) is 15.4. The van der Waals surface area contributed by atoms with Gasteiger partial charge in [0.2, 0.25) is 0 Å². The van der Waals surface area contributed by atoms with E-state index >= 15 is 0 Å². The first-order valence-electron chi connectivity index (χ1n) is 7.46. The molecule has 0 spiro atoms. The molecule has 0 saturated heterocycles. The van der Waals surface area contributed by atoms with E-state index in [1.165, 1.54) is 0 Å². The molecule has 1 aliphatic carbocycles. The first kappa shape index (κ1) is 15.9. The number of halogens is 1. The number of nitrogens with one attached hydrogen (secondary N) is 1. The molecule has 0 heterocycles. The van der Waals surface area contributed by atoms with Crippen molar-refractivity contribution in [3.8, 4) is 5.75 Å². The van der Waals surface area contributed by atoms with E-state index in [9.17, 15) is 4.79 Å². The number of amides is 1. The van der Waals surface area contributed by atoms with Gasteiger partial charge in [-0.1, -0.05) is 46.3 Å². The first-order chi connectivity index (χ1) is 11.1. The van der Waals surface area contributed by atoms with Gasteiger partial charge in [-0.25, -0.2) is 4.79 Å². The fraction of sp³-hybridized carbons (Fsp3) is 0.278. The van der Waals surface area contributed by atoms with Crippen LogP contribution in [0.5, 0.6) is 5.75 Å². The molecule has 1 N–H and O–H groups in total. The standard InChI is InChI=1S/C18H18BrNO3/c1-22-16-8-7-14(19)11-15(16)18(9-10-18)20-17(21)23-12-13-5-3-2-4-6-13/h2-8,11H,9-10,12H2,1H3,(H,20,21). The maximum Gasteiger partial charge on any atom is 0.408 e. The van der Waals surface area contributed by atoms with Gasteiger partial charge in [0.1, 0.15) is 12.4 Å². The Hall–Kier alpha value is -2.01. The van der Waals surface area contributed by atoms with Gasteiger partial charge in [-0.05, 0) is 36.6 Å². The SMILES string of the molecule is COc1ccc(Br)cc1C1(NC(=O)OCc2ccccc2)CC1. The summed E-state index contributed by atoms with van der Waals surface area (Å²) in [5.74, 6) is 0.772. The average Bonchev–Trinajstić information content (AvgIpc) is 3.34. The summed E-state index contributed by atoms with van der Waals surface area (Å²) in [6.45, 7) is 0.262. The number of methoxy groups -OCH3 is 1. The molecule has 3 rings (SSSR count). The van der Waals surface area contributed by atoms with Gasteiger partial charge in [-0.3, -0.25) is 0 Å². The Morgan fingerprint density at radius 2 is 1.96 bits per heavy atom. The molecular weight excluding hydrogens is 358 g/mol. The van der Waals surface area contributed by atoms with Gasteiger partial charge in [0.05, 0.1) is 12.6 Å². The Morgan fingerprint density at radius 1 is 1.22 bits per heavy atom. The molecule has 5 heteroatoms. The Bertz CT molecular complexity index is 699. The molecule has 23 heavy (non-hydrogen) atoms. The third-order valence-corrected chi connectivity index (χ3v) is 4.47. The van der Waals surface area contributed by atoms with Crippen LogP contribution in [0.4, 0.5) is 4.79 Å². The van der Waals surface area contributed by atoms with Crippen molar-refractivity contribution in [2.24, 2.45) is 0 Å². The second kappa shape index (κ2) is 6.62. The predicted molar refractivity (Wildman–Crippen MR) is 91.4 cm³/mol. The number of carbonyl (C=O) groups excluding carboxylic acids is 1. The van der Waals surface area contributed by atoms with E-state index in [0.717, 1.165) is 34.2 Å². The summed E-state index contributed by atoms with van der Waals surface area (Å²) >= 11 is 3.47. The molecule has 0 radical (unpaired) electrons. The number of hydrogen-bond acceptors (Lipinski definition) is 3. The Balaban J connectivity index is 1.67. The predicted octanol–water partition coefficient (Wildman–Crippen LogP) is 4.37. The number of hydrogen-bond donors (Lipinski definition) is 1. The first-order valence-corrected chi connectivity index (χ1v) is 8.25.